The topological polar surface area (TPSA) is 79.6 Å². The summed E-state index contributed by atoms with van der Waals surface area (Å²) in [6.45, 7) is 2.26. The minimum Gasteiger partial charge on any atom is -0.399 e. The molecule has 0 amide bonds. The van der Waals surface area contributed by atoms with Crippen molar-refractivity contribution in [2.45, 2.75) is 19.9 Å². The number of aryl methyl sites for hydroxylation is 1. The van der Waals surface area contributed by atoms with Crippen LogP contribution in [-0.4, -0.2) is 15.0 Å². The number of nitrogen functional groups attached to an aromatic ring is 1. The van der Waals surface area contributed by atoms with E-state index in [1.54, 1.807) is 24.4 Å². The second kappa shape index (κ2) is 7.26. The van der Waals surface area contributed by atoms with Gasteiger partial charge in [0.2, 0.25) is 5.95 Å². The molecule has 0 aliphatic carbocycles. The highest BCUT2D eigenvalue weighted by Gasteiger charge is 2.11. The molecular formula is C21H19F2N5. The van der Waals surface area contributed by atoms with Crippen molar-refractivity contribution in [3.63, 3.8) is 0 Å². The number of hydrogen-bond donors (Lipinski definition) is 3. The fourth-order valence-electron chi connectivity index (χ4n) is 3.18. The van der Waals surface area contributed by atoms with Crippen LogP contribution < -0.4 is 11.1 Å². The van der Waals surface area contributed by atoms with Gasteiger partial charge in [0, 0.05) is 42.0 Å². The van der Waals surface area contributed by atoms with Gasteiger partial charge in [0.25, 0.3) is 0 Å². The van der Waals surface area contributed by atoms with Crippen molar-refractivity contribution >= 4 is 22.5 Å². The normalized spacial score (nSPS) is 11.1. The third-order valence-corrected chi connectivity index (χ3v) is 4.51. The second-order valence-corrected chi connectivity index (χ2v) is 6.79. The molecule has 4 aromatic rings. The number of aromatic nitrogens is 3. The molecular weight excluding hydrogens is 360 g/mol. The largest absolute Gasteiger partial charge is 0.399 e. The van der Waals surface area contributed by atoms with Gasteiger partial charge < -0.3 is 16.0 Å². The molecule has 0 radical (unpaired) electrons. The summed E-state index contributed by atoms with van der Waals surface area (Å²) < 4.78 is 27.9. The Morgan fingerprint density at radius 3 is 2.75 bits per heavy atom. The van der Waals surface area contributed by atoms with Crippen LogP contribution in [0.3, 0.4) is 0 Å². The van der Waals surface area contributed by atoms with E-state index in [2.05, 4.69) is 20.3 Å². The zero-order chi connectivity index (χ0) is 19.7. The lowest BCUT2D eigenvalue weighted by Gasteiger charge is -2.09. The van der Waals surface area contributed by atoms with Crippen LogP contribution in [0.15, 0.2) is 48.8 Å². The number of halogens is 2. The average Bonchev–Trinajstić information content (AvgIpc) is 3.03. The smallest absolute Gasteiger partial charge is 0.218 e. The van der Waals surface area contributed by atoms with E-state index in [-0.39, 0.29) is 0 Å². The maximum Gasteiger partial charge on any atom is 0.218 e. The van der Waals surface area contributed by atoms with Gasteiger partial charge in [-0.25, -0.2) is 14.4 Å². The van der Waals surface area contributed by atoms with Crippen LogP contribution in [-0.2, 0) is 13.0 Å². The van der Waals surface area contributed by atoms with E-state index >= 15 is 0 Å². The summed E-state index contributed by atoms with van der Waals surface area (Å²) >= 11 is 0. The number of nitrogens with one attached hydrogen (secondary N) is 2. The summed E-state index contributed by atoms with van der Waals surface area (Å²) in [5.74, 6) is -0.575. The monoisotopic (exact) mass is 379 g/mol. The molecule has 0 spiro atoms. The summed E-state index contributed by atoms with van der Waals surface area (Å²) in [7, 11) is 0. The summed E-state index contributed by atoms with van der Waals surface area (Å²) in [6.07, 6.45) is 4.04. The zero-order valence-corrected chi connectivity index (χ0v) is 15.3. The lowest BCUT2D eigenvalue weighted by molar-refractivity contribution is 0.571. The lowest BCUT2D eigenvalue weighted by atomic mass is 10.1. The summed E-state index contributed by atoms with van der Waals surface area (Å²) in [4.78, 5) is 11.4. The third kappa shape index (κ3) is 3.78. The van der Waals surface area contributed by atoms with Crippen LogP contribution >= 0.6 is 0 Å². The van der Waals surface area contributed by atoms with Gasteiger partial charge in [-0.05, 0) is 53.9 Å². The van der Waals surface area contributed by atoms with Gasteiger partial charge in [-0.1, -0.05) is 6.07 Å². The van der Waals surface area contributed by atoms with E-state index in [4.69, 9.17) is 5.73 Å². The SMILES string of the molecule is Cc1cnc2[nH]cc(Cc3ccc(NCc4cc(N)cc(F)c4)nc3F)c2c1. The van der Waals surface area contributed by atoms with Gasteiger partial charge >= 0.3 is 0 Å². The molecule has 0 saturated carbocycles. The highest BCUT2D eigenvalue weighted by molar-refractivity contribution is 5.80. The van der Waals surface area contributed by atoms with Gasteiger partial charge in [-0.2, -0.15) is 4.39 Å². The van der Waals surface area contributed by atoms with Gasteiger partial charge in [-0.15, -0.1) is 0 Å². The van der Waals surface area contributed by atoms with E-state index in [0.29, 0.717) is 35.6 Å². The maximum atomic E-state index is 14.5. The van der Waals surface area contributed by atoms with E-state index in [1.807, 2.05) is 19.2 Å². The lowest BCUT2D eigenvalue weighted by Crippen LogP contribution is -2.05. The van der Waals surface area contributed by atoms with E-state index in [0.717, 1.165) is 22.2 Å². The van der Waals surface area contributed by atoms with Crippen molar-refractivity contribution in [1.29, 1.82) is 0 Å². The second-order valence-electron chi connectivity index (χ2n) is 6.79. The summed E-state index contributed by atoms with van der Waals surface area (Å²) in [6, 6.07) is 9.72. The molecule has 0 unspecified atom stereocenters. The number of aromatic amines is 1. The number of pyridine rings is 2. The quantitative estimate of drug-likeness (QED) is 0.356. The number of benzene rings is 1. The molecule has 0 aliphatic rings. The van der Waals surface area contributed by atoms with Crippen molar-refractivity contribution in [2.75, 3.05) is 11.1 Å². The van der Waals surface area contributed by atoms with Crippen LogP contribution in [0.4, 0.5) is 20.3 Å². The average molecular weight is 379 g/mol. The maximum absolute atomic E-state index is 14.5. The molecule has 0 bridgehead atoms. The number of hydrogen-bond acceptors (Lipinski definition) is 4. The Labute approximate surface area is 160 Å². The van der Waals surface area contributed by atoms with Crippen LogP contribution in [0.2, 0.25) is 0 Å². The number of nitrogens with two attached hydrogens (primary N) is 1. The molecule has 1 aromatic carbocycles. The van der Waals surface area contributed by atoms with E-state index < -0.39 is 11.8 Å². The van der Waals surface area contributed by atoms with Gasteiger partial charge in [0.05, 0.1) is 0 Å². The van der Waals surface area contributed by atoms with Crippen molar-refractivity contribution < 1.29 is 8.78 Å². The fourth-order valence-corrected chi connectivity index (χ4v) is 3.18. The van der Waals surface area contributed by atoms with Gasteiger partial charge in [0.15, 0.2) is 0 Å². The first-order chi connectivity index (χ1) is 13.5. The van der Waals surface area contributed by atoms with E-state index in [1.165, 1.54) is 12.1 Å². The Morgan fingerprint density at radius 2 is 1.96 bits per heavy atom. The van der Waals surface area contributed by atoms with Crippen molar-refractivity contribution in [3.05, 3.63) is 82.8 Å². The Morgan fingerprint density at radius 1 is 1.11 bits per heavy atom. The molecule has 142 valence electrons. The minimum atomic E-state index is -0.543. The number of H-pyrrole nitrogens is 1. The number of rotatable bonds is 5. The first-order valence-electron chi connectivity index (χ1n) is 8.85. The Hall–Kier alpha value is -3.48. The van der Waals surface area contributed by atoms with Gasteiger partial charge in [0.1, 0.15) is 17.3 Å². The van der Waals surface area contributed by atoms with Crippen molar-refractivity contribution in [1.82, 2.24) is 15.0 Å². The van der Waals surface area contributed by atoms with Crippen molar-refractivity contribution in [3.8, 4) is 0 Å². The Kier molecular flexibility index (Phi) is 4.65. The Bertz CT molecular complexity index is 1130. The predicted octanol–water partition coefficient (Wildman–Crippen LogP) is 4.33. The molecule has 7 heteroatoms. The standard InChI is InChI=1S/C21H19F2N5/c1-12-4-18-15(11-27-21(18)26-9-12)7-14-2-3-19(28-20(14)23)25-10-13-5-16(22)8-17(24)6-13/h2-6,8-9,11H,7,10,24H2,1H3,(H,25,28)(H,26,27). The highest BCUT2D eigenvalue weighted by Crippen LogP contribution is 2.22. The summed E-state index contributed by atoms with van der Waals surface area (Å²) in [5.41, 5.74) is 9.91. The third-order valence-electron chi connectivity index (χ3n) is 4.51. The first-order valence-corrected chi connectivity index (χ1v) is 8.85. The first kappa shape index (κ1) is 17.9. The van der Waals surface area contributed by atoms with Crippen LogP contribution in [0, 0.1) is 18.7 Å². The molecule has 3 aromatic heterocycles. The number of anilines is 2. The van der Waals surface area contributed by atoms with Gasteiger partial charge in [-0.3, -0.25) is 0 Å². The summed E-state index contributed by atoms with van der Waals surface area (Å²) in [5, 5.41) is 3.97. The fraction of sp³-hybridized carbons (Fsp3) is 0.143. The number of fused-ring (bicyclic) bond motifs is 1. The number of nitrogens with zero attached hydrogens (tertiary/aromatic N) is 2. The van der Waals surface area contributed by atoms with Crippen LogP contribution in [0.5, 0.6) is 0 Å². The van der Waals surface area contributed by atoms with E-state index in [9.17, 15) is 8.78 Å². The minimum absolute atomic E-state index is 0.293. The van der Waals surface area contributed by atoms with Crippen LogP contribution in [0.25, 0.3) is 11.0 Å². The molecule has 5 nitrogen and oxygen atoms in total. The predicted molar refractivity (Wildman–Crippen MR) is 106 cm³/mol. The molecule has 28 heavy (non-hydrogen) atoms. The molecule has 4 rings (SSSR count). The molecule has 4 N–H and O–H groups in total. The zero-order valence-electron chi connectivity index (χ0n) is 15.3. The molecule has 3 heterocycles. The molecule has 0 fully saturated rings. The van der Waals surface area contributed by atoms with Crippen LogP contribution in [0.1, 0.15) is 22.3 Å². The molecule has 0 saturated heterocycles. The Balaban J connectivity index is 1.50. The van der Waals surface area contributed by atoms with Crippen molar-refractivity contribution in [2.24, 2.45) is 0 Å². The highest BCUT2D eigenvalue weighted by atomic mass is 19.1. The molecule has 0 atom stereocenters. The molecule has 0 aliphatic heterocycles.